The van der Waals surface area contributed by atoms with Gasteiger partial charge in [0, 0.05) is 12.6 Å². The first-order valence-electron chi connectivity index (χ1n) is 6.78. The molecule has 2 unspecified atom stereocenters. The molecule has 18 heavy (non-hydrogen) atoms. The van der Waals surface area contributed by atoms with E-state index in [1.165, 1.54) is 25.0 Å². The lowest BCUT2D eigenvalue weighted by atomic mass is 9.98. The van der Waals surface area contributed by atoms with Gasteiger partial charge in [-0.25, -0.2) is 4.39 Å². The van der Waals surface area contributed by atoms with Gasteiger partial charge >= 0.3 is 0 Å². The second kappa shape index (κ2) is 6.30. The molecule has 2 rings (SSSR count). The summed E-state index contributed by atoms with van der Waals surface area (Å²) in [6.45, 7) is 2.79. The van der Waals surface area contributed by atoms with Crippen LogP contribution in [0.2, 0.25) is 0 Å². The topological polar surface area (TPSA) is 21.3 Å². The van der Waals surface area contributed by atoms with E-state index in [2.05, 4.69) is 5.32 Å². The molecular formula is C15H22FNO. The summed E-state index contributed by atoms with van der Waals surface area (Å²) >= 11 is 0. The number of nitrogens with one attached hydrogen (secondary N) is 1. The highest BCUT2D eigenvalue weighted by molar-refractivity contribution is 5.17. The van der Waals surface area contributed by atoms with Crippen LogP contribution in [0.25, 0.3) is 0 Å². The third-order valence-corrected chi connectivity index (χ3v) is 3.58. The second-order valence-corrected chi connectivity index (χ2v) is 4.98. The van der Waals surface area contributed by atoms with Crippen LogP contribution in [0.4, 0.5) is 4.39 Å². The van der Waals surface area contributed by atoms with E-state index in [0.717, 1.165) is 18.6 Å². The number of hydrogen-bond acceptors (Lipinski definition) is 2. The lowest BCUT2D eigenvalue weighted by molar-refractivity contribution is 0.0211. The van der Waals surface area contributed by atoms with Gasteiger partial charge in [0.2, 0.25) is 0 Å². The van der Waals surface area contributed by atoms with Crippen LogP contribution < -0.4 is 5.32 Å². The van der Waals surface area contributed by atoms with E-state index in [9.17, 15) is 4.39 Å². The molecule has 100 valence electrons. The van der Waals surface area contributed by atoms with Gasteiger partial charge < -0.3 is 10.1 Å². The number of ether oxygens (including phenoxy) is 1. The van der Waals surface area contributed by atoms with Crippen LogP contribution in [0.5, 0.6) is 0 Å². The Hall–Kier alpha value is -0.930. The molecule has 2 atom stereocenters. The molecule has 0 bridgehead atoms. The van der Waals surface area contributed by atoms with Crippen LogP contribution >= 0.6 is 0 Å². The van der Waals surface area contributed by atoms with Crippen molar-refractivity contribution in [1.29, 1.82) is 0 Å². The first-order valence-corrected chi connectivity index (χ1v) is 6.78. The summed E-state index contributed by atoms with van der Waals surface area (Å²) in [6, 6.07) is 7.07. The largest absolute Gasteiger partial charge is 0.377 e. The molecule has 1 saturated carbocycles. The van der Waals surface area contributed by atoms with Crippen LogP contribution in [-0.2, 0) is 11.2 Å². The zero-order valence-corrected chi connectivity index (χ0v) is 11.2. The van der Waals surface area contributed by atoms with Crippen molar-refractivity contribution in [3.05, 3.63) is 35.6 Å². The molecule has 1 aliphatic rings. The maximum Gasteiger partial charge on any atom is 0.123 e. The van der Waals surface area contributed by atoms with Gasteiger partial charge in [0.15, 0.2) is 0 Å². The predicted octanol–water partition coefficient (Wildman–Crippen LogP) is 2.77. The summed E-state index contributed by atoms with van der Waals surface area (Å²) in [5.74, 6) is 0.520. The van der Waals surface area contributed by atoms with Crippen molar-refractivity contribution in [2.75, 3.05) is 13.7 Å². The Kier molecular flexibility index (Phi) is 4.72. The SMILES string of the molecule is CCOC(C1CC1)C(Cc1ccc(F)cc1)NC. The van der Waals surface area contributed by atoms with Crippen LogP contribution in [0.15, 0.2) is 24.3 Å². The molecule has 2 nitrogen and oxygen atoms in total. The molecule has 1 aliphatic carbocycles. The van der Waals surface area contributed by atoms with Crippen molar-refractivity contribution in [1.82, 2.24) is 5.32 Å². The Morgan fingerprint density at radius 3 is 2.50 bits per heavy atom. The molecule has 1 aromatic rings. The highest BCUT2D eigenvalue weighted by Gasteiger charge is 2.36. The zero-order valence-electron chi connectivity index (χ0n) is 11.2. The van der Waals surface area contributed by atoms with Gasteiger partial charge in [0.25, 0.3) is 0 Å². The molecule has 1 N–H and O–H groups in total. The third-order valence-electron chi connectivity index (χ3n) is 3.58. The van der Waals surface area contributed by atoms with Gasteiger partial charge in [-0.1, -0.05) is 12.1 Å². The molecule has 0 saturated heterocycles. The summed E-state index contributed by atoms with van der Waals surface area (Å²) in [6.07, 6.45) is 3.71. The van der Waals surface area contributed by atoms with Gasteiger partial charge in [-0.05, 0) is 56.8 Å². The minimum absolute atomic E-state index is 0.177. The van der Waals surface area contributed by atoms with Crippen molar-refractivity contribution in [2.24, 2.45) is 5.92 Å². The standard InChI is InChI=1S/C15H22FNO/c1-3-18-15(12-6-7-12)14(17-2)10-11-4-8-13(16)9-5-11/h4-5,8-9,12,14-15,17H,3,6-7,10H2,1-2H3. The molecule has 0 aromatic heterocycles. The summed E-state index contributed by atoms with van der Waals surface area (Å²) in [5, 5.41) is 3.35. The maximum absolute atomic E-state index is 12.9. The fraction of sp³-hybridized carbons (Fsp3) is 0.600. The molecular weight excluding hydrogens is 229 g/mol. The van der Waals surface area contributed by atoms with Gasteiger partial charge in [0.05, 0.1) is 6.10 Å². The third kappa shape index (κ3) is 3.53. The minimum Gasteiger partial charge on any atom is -0.377 e. The lowest BCUT2D eigenvalue weighted by Gasteiger charge is -2.27. The van der Waals surface area contributed by atoms with E-state index in [0.29, 0.717) is 12.0 Å². The van der Waals surface area contributed by atoms with Crippen molar-refractivity contribution in [3.8, 4) is 0 Å². The Labute approximate surface area is 109 Å². The molecule has 0 amide bonds. The van der Waals surface area contributed by atoms with Crippen molar-refractivity contribution in [2.45, 2.75) is 38.3 Å². The van der Waals surface area contributed by atoms with Crippen LogP contribution in [0.3, 0.4) is 0 Å². The average molecular weight is 251 g/mol. The number of benzene rings is 1. The predicted molar refractivity (Wildman–Crippen MR) is 71.1 cm³/mol. The van der Waals surface area contributed by atoms with E-state index in [1.807, 2.05) is 26.1 Å². The van der Waals surface area contributed by atoms with Crippen LogP contribution in [0, 0.1) is 11.7 Å². The fourth-order valence-electron chi connectivity index (χ4n) is 2.45. The van der Waals surface area contributed by atoms with Crippen molar-refractivity contribution in [3.63, 3.8) is 0 Å². The maximum atomic E-state index is 12.9. The highest BCUT2D eigenvalue weighted by Crippen LogP contribution is 2.36. The summed E-state index contributed by atoms with van der Waals surface area (Å²) in [5.41, 5.74) is 1.15. The van der Waals surface area contributed by atoms with Crippen LogP contribution in [0.1, 0.15) is 25.3 Å². The molecule has 0 aliphatic heterocycles. The first-order chi connectivity index (χ1) is 8.74. The first kappa shape index (κ1) is 13.5. The Bertz CT molecular complexity index is 361. The smallest absolute Gasteiger partial charge is 0.123 e. The summed E-state index contributed by atoms with van der Waals surface area (Å²) in [7, 11) is 1.97. The van der Waals surface area contributed by atoms with Crippen LogP contribution in [-0.4, -0.2) is 25.8 Å². The minimum atomic E-state index is -0.177. The van der Waals surface area contributed by atoms with Crippen molar-refractivity contribution < 1.29 is 9.13 Å². The highest BCUT2D eigenvalue weighted by atomic mass is 19.1. The number of likely N-dealkylation sites (N-methyl/N-ethyl adjacent to an activating group) is 1. The van der Waals surface area contributed by atoms with E-state index in [1.54, 1.807) is 0 Å². The lowest BCUT2D eigenvalue weighted by Crippen LogP contribution is -2.42. The molecule has 0 radical (unpaired) electrons. The zero-order chi connectivity index (χ0) is 13.0. The van der Waals surface area contributed by atoms with E-state index in [-0.39, 0.29) is 11.9 Å². The molecule has 0 spiro atoms. The number of halogens is 1. The van der Waals surface area contributed by atoms with E-state index >= 15 is 0 Å². The normalized spacial score (nSPS) is 18.6. The molecule has 0 heterocycles. The molecule has 1 fully saturated rings. The Balaban J connectivity index is 2.00. The number of hydrogen-bond donors (Lipinski definition) is 1. The number of rotatable bonds is 7. The van der Waals surface area contributed by atoms with E-state index < -0.39 is 0 Å². The monoisotopic (exact) mass is 251 g/mol. The van der Waals surface area contributed by atoms with Gasteiger partial charge in [-0.3, -0.25) is 0 Å². The molecule has 1 aromatic carbocycles. The Morgan fingerprint density at radius 2 is 2.00 bits per heavy atom. The second-order valence-electron chi connectivity index (χ2n) is 4.98. The van der Waals surface area contributed by atoms with E-state index in [4.69, 9.17) is 4.74 Å². The Morgan fingerprint density at radius 1 is 1.33 bits per heavy atom. The molecule has 3 heteroatoms. The quantitative estimate of drug-likeness (QED) is 0.804. The van der Waals surface area contributed by atoms with Crippen molar-refractivity contribution >= 4 is 0 Å². The van der Waals surface area contributed by atoms with Gasteiger partial charge in [-0.2, -0.15) is 0 Å². The summed E-state index contributed by atoms with van der Waals surface area (Å²) in [4.78, 5) is 0. The average Bonchev–Trinajstić information content (AvgIpc) is 3.20. The summed E-state index contributed by atoms with van der Waals surface area (Å²) < 4.78 is 18.8. The van der Waals surface area contributed by atoms with Gasteiger partial charge in [0.1, 0.15) is 5.82 Å². The van der Waals surface area contributed by atoms with Gasteiger partial charge in [-0.15, -0.1) is 0 Å². The fourth-order valence-corrected chi connectivity index (χ4v) is 2.45.